The minimum atomic E-state index is -0.981. The molecule has 0 aromatic carbocycles. The lowest BCUT2D eigenvalue weighted by molar-refractivity contribution is -0.133. The number of allylic oxidation sites excluding steroid dienone is 5. The van der Waals surface area contributed by atoms with Crippen LogP contribution in [-0.2, 0) is 9.59 Å². The molecule has 0 aromatic rings. The van der Waals surface area contributed by atoms with Crippen molar-refractivity contribution in [2.24, 2.45) is 29.1 Å². The number of Topliss-reactive ketones (excluding diaryl/α,β-unsaturated/α-hetero) is 1. The van der Waals surface area contributed by atoms with Gasteiger partial charge in [-0.05, 0) is 37.5 Å². The molecule has 114 valence electrons. The first-order chi connectivity index (χ1) is 9.83. The maximum atomic E-state index is 12.9. The molecular weight excluding hydrogens is 264 g/mol. The molecule has 1 fully saturated rings. The lowest BCUT2D eigenvalue weighted by Crippen LogP contribution is -2.44. The van der Waals surface area contributed by atoms with Gasteiger partial charge in [0, 0.05) is 12.0 Å². The van der Waals surface area contributed by atoms with Crippen LogP contribution in [0, 0.1) is 29.1 Å². The molecule has 1 saturated carbocycles. The molecule has 0 bridgehead atoms. The second kappa shape index (κ2) is 6.00. The Morgan fingerprint density at radius 2 is 2.05 bits per heavy atom. The topological polar surface area (TPSA) is 54.4 Å². The van der Waals surface area contributed by atoms with Crippen LogP contribution in [0.1, 0.15) is 33.6 Å². The number of fused-ring (bicyclic) bond motifs is 1. The van der Waals surface area contributed by atoms with E-state index in [1.807, 2.05) is 19.1 Å². The monoisotopic (exact) mass is 288 g/mol. The van der Waals surface area contributed by atoms with Crippen molar-refractivity contribution in [3.05, 3.63) is 36.5 Å². The van der Waals surface area contributed by atoms with E-state index in [9.17, 15) is 9.59 Å². The van der Waals surface area contributed by atoms with E-state index >= 15 is 0 Å². The predicted molar refractivity (Wildman–Crippen MR) is 82.7 cm³/mol. The first kappa shape index (κ1) is 15.7. The molecule has 0 radical (unpaired) electrons. The van der Waals surface area contributed by atoms with Gasteiger partial charge in [-0.15, -0.1) is 0 Å². The summed E-state index contributed by atoms with van der Waals surface area (Å²) in [6.45, 7) is 6.35. The van der Waals surface area contributed by atoms with Crippen LogP contribution in [-0.4, -0.2) is 16.9 Å². The molecule has 0 aromatic heterocycles. The normalized spacial score (nSPS) is 39.9. The van der Waals surface area contributed by atoms with Gasteiger partial charge in [0.1, 0.15) is 5.78 Å². The van der Waals surface area contributed by atoms with Crippen LogP contribution in [0.25, 0.3) is 0 Å². The molecule has 3 heteroatoms. The first-order valence-electron chi connectivity index (χ1n) is 7.66. The van der Waals surface area contributed by atoms with Crippen LogP contribution in [0.5, 0.6) is 0 Å². The third-order valence-electron chi connectivity index (χ3n) is 4.84. The van der Waals surface area contributed by atoms with E-state index < -0.39 is 11.4 Å². The maximum Gasteiger partial charge on any atom is 0.328 e. The Labute approximate surface area is 126 Å². The van der Waals surface area contributed by atoms with Crippen molar-refractivity contribution >= 4 is 11.8 Å². The van der Waals surface area contributed by atoms with Gasteiger partial charge in [-0.3, -0.25) is 4.79 Å². The number of ketones is 1. The van der Waals surface area contributed by atoms with Crippen molar-refractivity contribution in [3.8, 4) is 0 Å². The van der Waals surface area contributed by atoms with Gasteiger partial charge in [0.15, 0.2) is 0 Å². The highest BCUT2D eigenvalue weighted by Gasteiger charge is 2.45. The minimum Gasteiger partial charge on any atom is -0.478 e. The molecule has 21 heavy (non-hydrogen) atoms. The van der Waals surface area contributed by atoms with Crippen LogP contribution in [0.4, 0.5) is 0 Å². The number of carbonyl (C=O) groups excluding carboxylic acids is 1. The molecule has 0 saturated heterocycles. The van der Waals surface area contributed by atoms with E-state index in [1.165, 1.54) is 6.08 Å². The SMILES string of the molecule is CC1CC(C)C2C(=O)C(C)(/C=C/C=C/C(=O)O)C=CC2C1. The van der Waals surface area contributed by atoms with Crippen molar-refractivity contribution in [3.63, 3.8) is 0 Å². The Bertz CT molecular complexity index is 515. The van der Waals surface area contributed by atoms with Crippen molar-refractivity contribution < 1.29 is 14.7 Å². The van der Waals surface area contributed by atoms with E-state index in [4.69, 9.17) is 5.11 Å². The second-order valence-corrected chi connectivity index (χ2v) is 6.81. The molecule has 0 aliphatic heterocycles. The summed E-state index contributed by atoms with van der Waals surface area (Å²) in [7, 11) is 0. The van der Waals surface area contributed by atoms with Crippen LogP contribution < -0.4 is 0 Å². The Balaban J connectivity index is 2.20. The molecular formula is C18H24O3. The Morgan fingerprint density at radius 1 is 1.33 bits per heavy atom. The lowest BCUT2D eigenvalue weighted by Gasteiger charge is -2.43. The third-order valence-corrected chi connectivity index (χ3v) is 4.84. The van der Waals surface area contributed by atoms with Gasteiger partial charge in [-0.1, -0.05) is 44.2 Å². The Morgan fingerprint density at radius 3 is 2.71 bits per heavy atom. The average molecular weight is 288 g/mol. The first-order valence-corrected chi connectivity index (χ1v) is 7.66. The summed E-state index contributed by atoms with van der Waals surface area (Å²) >= 11 is 0. The summed E-state index contributed by atoms with van der Waals surface area (Å²) < 4.78 is 0. The minimum absolute atomic E-state index is 0.101. The van der Waals surface area contributed by atoms with Crippen LogP contribution in [0.3, 0.4) is 0 Å². The van der Waals surface area contributed by atoms with E-state index in [2.05, 4.69) is 19.9 Å². The van der Waals surface area contributed by atoms with Gasteiger partial charge in [0.05, 0.1) is 5.41 Å². The van der Waals surface area contributed by atoms with Crippen LogP contribution in [0.15, 0.2) is 36.5 Å². The molecule has 2 aliphatic rings. The quantitative estimate of drug-likeness (QED) is 0.490. The number of hydrogen-bond acceptors (Lipinski definition) is 2. The highest BCUT2D eigenvalue weighted by Crippen LogP contribution is 2.46. The standard InChI is InChI=1S/C18H24O3/c1-12-10-13(2)16-14(11-12)7-9-18(3,17(16)21)8-5-4-6-15(19)20/h4-9,12-14,16H,10-11H2,1-3H3,(H,19,20)/b6-4+,8-5+. The predicted octanol–water partition coefficient (Wildman–Crippen LogP) is 3.63. The van der Waals surface area contributed by atoms with Crippen molar-refractivity contribution in [1.29, 1.82) is 0 Å². The lowest BCUT2D eigenvalue weighted by atomic mass is 9.59. The van der Waals surface area contributed by atoms with E-state index in [-0.39, 0.29) is 11.7 Å². The fourth-order valence-electron chi connectivity index (χ4n) is 3.86. The zero-order chi connectivity index (χ0) is 15.6. The van der Waals surface area contributed by atoms with Crippen molar-refractivity contribution in [2.75, 3.05) is 0 Å². The van der Waals surface area contributed by atoms with Crippen molar-refractivity contribution in [1.82, 2.24) is 0 Å². The number of carboxylic acid groups (broad SMARTS) is 1. The molecule has 2 rings (SSSR count). The largest absolute Gasteiger partial charge is 0.478 e. The number of hydrogen-bond donors (Lipinski definition) is 1. The molecule has 2 aliphatic carbocycles. The van der Waals surface area contributed by atoms with Gasteiger partial charge in [0.2, 0.25) is 0 Å². The fraction of sp³-hybridized carbons (Fsp3) is 0.556. The summed E-state index contributed by atoms with van der Waals surface area (Å²) in [6, 6.07) is 0. The van der Waals surface area contributed by atoms with E-state index in [0.717, 1.165) is 18.9 Å². The maximum absolute atomic E-state index is 12.9. The van der Waals surface area contributed by atoms with Gasteiger partial charge in [0.25, 0.3) is 0 Å². The highest BCUT2D eigenvalue weighted by molar-refractivity contribution is 5.92. The third kappa shape index (κ3) is 3.34. The summed E-state index contributed by atoms with van der Waals surface area (Å²) in [4.78, 5) is 23.3. The zero-order valence-corrected chi connectivity index (χ0v) is 13.0. The van der Waals surface area contributed by atoms with Crippen LogP contribution >= 0.6 is 0 Å². The van der Waals surface area contributed by atoms with Gasteiger partial charge in [-0.25, -0.2) is 4.79 Å². The van der Waals surface area contributed by atoms with Gasteiger partial charge in [-0.2, -0.15) is 0 Å². The van der Waals surface area contributed by atoms with Gasteiger partial charge >= 0.3 is 5.97 Å². The molecule has 1 N–H and O–H groups in total. The van der Waals surface area contributed by atoms with Crippen molar-refractivity contribution in [2.45, 2.75) is 33.6 Å². The molecule has 0 amide bonds. The number of carbonyl (C=O) groups is 2. The summed E-state index contributed by atoms with van der Waals surface area (Å²) in [5.41, 5.74) is -0.612. The summed E-state index contributed by atoms with van der Waals surface area (Å²) in [6.07, 6.45) is 12.4. The summed E-state index contributed by atoms with van der Waals surface area (Å²) in [5, 5.41) is 8.58. The smallest absolute Gasteiger partial charge is 0.328 e. The molecule has 0 spiro atoms. The van der Waals surface area contributed by atoms with Gasteiger partial charge < -0.3 is 5.11 Å². The Kier molecular flexibility index (Phi) is 4.50. The van der Waals surface area contributed by atoms with Crippen LogP contribution in [0.2, 0.25) is 0 Å². The van der Waals surface area contributed by atoms with E-state index in [0.29, 0.717) is 17.8 Å². The average Bonchev–Trinajstić information content (AvgIpc) is 2.39. The molecule has 0 heterocycles. The number of rotatable bonds is 3. The number of aliphatic carboxylic acids is 1. The fourth-order valence-corrected chi connectivity index (χ4v) is 3.86. The summed E-state index contributed by atoms with van der Waals surface area (Å²) in [5.74, 6) is 0.854. The Hall–Kier alpha value is -1.64. The zero-order valence-electron chi connectivity index (χ0n) is 13.0. The second-order valence-electron chi connectivity index (χ2n) is 6.81. The molecule has 5 unspecified atom stereocenters. The molecule has 3 nitrogen and oxygen atoms in total. The highest BCUT2D eigenvalue weighted by atomic mass is 16.4. The van der Waals surface area contributed by atoms with E-state index in [1.54, 1.807) is 6.08 Å². The number of carboxylic acids is 1. The molecule has 5 atom stereocenters.